The number of amides is 1. The normalized spacial score (nSPS) is 12.4. The molecule has 10 heteroatoms. The summed E-state index contributed by atoms with van der Waals surface area (Å²) in [7, 11) is -2.43. The van der Waals surface area contributed by atoms with Crippen molar-refractivity contribution < 1.29 is 27.3 Å². The maximum absolute atomic E-state index is 12.3. The highest BCUT2D eigenvalue weighted by Crippen LogP contribution is 2.18. The van der Waals surface area contributed by atoms with Crippen molar-refractivity contribution in [2.75, 3.05) is 18.5 Å². The van der Waals surface area contributed by atoms with Crippen LogP contribution in [0, 0.1) is 13.8 Å². The Morgan fingerprint density at radius 1 is 1.26 bits per heavy atom. The lowest BCUT2D eigenvalue weighted by Crippen LogP contribution is -2.39. The van der Waals surface area contributed by atoms with Crippen molar-refractivity contribution in [2.24, 2.45) is 0 Å². The van der Waals surface area contributed by atoms with Gasteiger partial charge in [0.2, 0.25) is 10.0 Å². The minimum Gasteiger partial charge on any atom is -0.452 e. The molecule has 1 aromatic heterocycles. The van der Waals surface area contributed by atoms with Crippen LogP contribution in [0.5, 0.6) is 0 Å². The number of carbonyl (C=O) groups excluding carboxylic acids is 2. The summed E-state index contributed by atoms with van der Waals surface area (Å²) in [4.78, 5) is 25.5. The first-order valence-electron chi connectivity index (χ1n) is 8.08. The number of rotatable bonds is 7. The molecule has 27 heavy (non-hydrogen) atoms. The molecule has 1 N–H and O–H groups in total. The van der Waals surface area contributed by atoms with Crippen molar-refractivity contribution in [3.05, 3.63) is 41.8 Å². The van der Waals surface area contributed by atoms with E-state index in [1.54, 1.807) is 31.3 Å². The number of benzene rings is 1. The van der Waals surface area contributed by atoms with Gasteiger partial charge in [-0.05, 0) is 32.9 Å². The molecular formula is C17H21N3O6S. The largest absolute Gasteiger partial charge is 0.452 e. The first kappa shape index (κ1) is 20.6. The average Bonchev–Trinajstić information content (AvgIpc) is 2.98. The van der Waals surface area contributed by atoms with Crippen molar-refractivity contribution >= 4 is 27.6 Å². The second kappa shape index (κ2) is 8.31. The Morgan fingerprint density at radius 2 is 1.89 bits per heavy atom. The molecule has 0 aliphatic heterocycles. The van der Waals surface area contributed by atoms with E-state index in [9.17, 15) is 18.0 Å². The quantitative estimate of drug-likeness (QED) is 0.699. The molecule has 2 rings (SSSR count). The smallest absolute Gasteiger partial charge is 0.321 e. The number of para-hydroxylation sites is 1. The van der Waals surface area contributed by atoms with Gasteiger partial charge in [-0.25, -0.2) is 8.42 Å². The Kier molecular flexibility index (Phi) is 6.34. The highest BCUT2D eigenvalue weighted by atomic mass is 32.2. The van der Waals surface area contributed by atoms with Crippen LogP contribution in [-0.4, -0.2) is 45.1 Å². The first-order valence-corrected chi connectivity index (χ1v) is 9.56. The average molecular weight is 395 g/mol. The molecular weight excluding hydrogens is 374 g/mol. The van der Waals surface area contributed by atoms with Crippen LogP contribution in [0.1, 0.15) is 18.4 Å². The van der Waals surface area contributed by atoms with Crippen LogP contribution in [0.25, 0.3) is 0 Å². The third kappa shape index (κ3) is 4.92. The summed E-state index contributed by atoms with van der Waals surface area (Å²) in [6.45, 7) is 3.72. The number of hydrogen-bond acceptors (Lipinski definition) is 7. The van der Waals surface area contributed by atoms with Crippen LogP contribution in [0.2, 0.25) is 0 Å². The van der Waals surface area contributed by atoms with E-state index in [1.807, 2.05) is 6.07 Å². The second-order valence-corrected chi connectivity index (χ2v) is 7.55. The Hall–Kier alpha value is -2.72. The zero-order valence-electron chi connectivity index (χ0n) is 15.4. The third-order valence-corrected chi connectivity index (χ3v) is 5.42. The van der Waals surface area contributed by atoms with Gasteiger partial charge >= 0.3 is 5.97 Å². The summed E-state index contributed by atoms with van der Waals surface area (Å²) < 4.78 is 36.5. The van der Waals surface area contributed by atoms with Gasteiger partial charge < -0.3 is 14.2 Å². The van der Waals surface area contributed by atoms with Gasteiger partial charge in [0, 0.05) is 12.7 Å². The Morgan fingerprint density at radius 3 is 2.44 bits per heavy atom. The highest BCUT2D eigenvalue weighted by molar-refractivity contribution is 7.89. The molecule has 0 aliphatic carbocycles. The number of sulfonamides is 1. The molecule has 0 bridgehead atoms. The Balaban J connectivity index is 1.94. The fraction of sp³-hybridized carbons (Fsp3) is 0.353. The Labute approximate surface area is 157 Å². The van der Waals surface area contributed by atoms with Crippen LogP contribution in [-0.2, 0) is 24.3 Å². The lowest BCUT2D eigenvalue weighted by atomic mass is 10.2. The lowest BCUT2D eigenvalue weighted by molar-refractivity contribution is -0.152. The number of carbonyl (C=O) groups is 2. The molecule has 2 aromatic rings. The van der Waals surface area contributed by atoms with E-state index < -0.39 is 34.5 Å². The van der Waals surface area contributed by atoms with Gasteiger partial charge in [0.05, 0.1) is 0 Å². The molecule has 1 atom stereocenters. The molecule has 0 fully saturated rings. The molecule has 0 saturated heterocycles. The molecule has 0 aliphatic rings. The standard InChI is InChI=1S/C17H21N3O6S/c1-11-16(12(2)26-19-11)27(23,24)18-10-15(21)25-13(3)17(22)20(4)14-8-6-5-7-9-14/h5-9,13,18H,10H2,1-4H3/t13-/m0/s1. The van der Waals surface area contributed by atoms with Crippen molar-refractivity contribution in [3.63, 3.8) is 0 Å². The van der Waals surface area contributed by atoms with E-state index in [0.29, 0.717) is 5.69 Å². The van der Waals surface area contributed by atoms with Gasteiger partial charge in [-0.15, -0.1) is 0 Å². The van der Waals surface area contributed by atoms with E-state index in [1.165, 1.54) is 25.7 Å². The van der Waals surface area contributed by atoms with Gasteiger partial charge in [-0.3, -0.25) is 9.59 Å². The molecule has 146 valence electrons. The first-order chi connectivity index (χ1) is 12.6. The summed E-state index contributed by atoms with van der Waals surface area (Å²) in [5.74, 6) is -1.21. The van der Waals surface area contributed by atoms with E-state index in [-0.39, 0.29) is 16.3 Å². The van der Waals surface area contributed by atoms with Gasteiger partial charge in [0.15, 0.2) is 11.9 Å². The van der Waals surface area contributed by atoms with E-state index in [4.69, 9.17) is 9.26 Å². The molecule has 0 spiro atoms. The fourth-order valence-electron chi connectivity index (χ4n) is 2.43. The molecule has 9 nitrogen and oxygen atoms in total. The summed E-state index contributed by atoms with van der Waals surface area (Å²) in [5, 5.41) is 3.57. The van der Waals surface area contributed by atoms with Crippen LogP contribution < -0.4 is 9.62 Å². The van der Waals surface area contributed by atoms with Gasteiger partial charge in [0.1, 0.15) is 17.1 Å². The monoisotopic (exact) mass is 395 g/mol. The number of likely N-dealkylation sites (N-methyl/N-ethyl adjacent to an activating group) is 1. The van der Waals surface area contributed by atoms with Crippen LogP contribution in [0.4, 0.5) is 5.69 Å². The van der Waals surface area contributed by atoms with Gasteiger partial charge in [-0.2, -0.15) is 4.72 Å². The SMILES string of the molecule is Cc1noc(C)c1S(=O)(=O)NCC(=O)O[C@@H](C)C(=O)N(C)c1ccccc1. The van der Waals surface area contributed by atoms with Crippen LogP contribution >= 0.6 is 0 Å². The number of anilines is 1. The predicted octanol–water partition coefficient (Wildman–Crippen LogP) is 1.16. The number of hydrogen-bond donors (Lipinski definition) is 1. The molecule has 1 amide bonds. The van der Waals surface area contributed by atoms with Crippen molar-refractivity contribution in [2.45, 2.75) is 31.8 Å². The van der Waals surface area contributed by atoms with Crippen LogP contribution in [0.3, 0.4) is 0 Å². The predicted molar refractivity (Wildman–Crippen MR) is 96.6 cm³/mol. The summed E-state index contributed by atoms with van der Waals surface area (Å²) in [6, 6.07) is 8.85. The number of nitrogens with zero attached hydrogens (tertiary/aromatic N) is 2. The summed E-state index contributed by atoms with van der Waals surface area (Å²) >= 11 is 0. The number of esters is 1. The zero-order chi connectivity index (χ0) is 20.2. The maximum atomic E-state index is 12.3. The third-order valence-electron chi connectivity index (χ3n) is 3.77. The second-order valence-electron chi connectivity index (χ2n) is 5.84. The number of nitrogens with one attached hydrogen (secondary N) is 1. The summed E-state index contributed by atoms with van der Waals surface area (Å²) in [5.41, 5.74) is 0.825. The molecule has 1 aromatic carbocycles. The van der Waals surface area contributed by atoms with Crippen molar-refractivity contribution in [1.82, 2.24) is 9.88 Å². The zero-order valence-corrected chi connectivity index (χ0v) is 16.2. The maximum Gasteiger partial charge on any atom is 0.321 e. The highest BCUT2D eigenvalue weighted by Gasteiger charge is 2.26. The topological polar surface area (TPSA) is 119 Å². The van der Waals surface area contributed by atoms with E-state index in [2.05, 4.69) is 9.88 Å². The number of aromatic nitrogens is 1. The minimum absolute atomic E-state index is 0.112. The summed E-state index contributed by atoms with van der Waals surface area (Å²) in [6.07, 6.45) is -1.08. The minimum atomic E-state index is -3.99. The number of aryl methyl sites for hydroxylation is 2. The molecule has 1 heterocycles. The Bertz CT molecular complexity index is 904. The van der Waals surface area contributed by atoms with Crippen molar-refractivity contribution in [1.29, 1.82) is 0 Å². The number of ether oxygens (including phenoxy) is 1. The van der Waals surface area contributed by atoms with Gasteiger partial charge in [0.25, 0.3) is 5.91 Å². The van der Waals surface area contributed by atoms with E-state index in [0.717, 1.165) is 0 Å². The van der Waals surface area contributed by atoms with Crippen molar-refractivity contribution in [3.8, 4) is 0 Å². The fourth-order valence-corrected chi connectivity index (χ4v) is 3.72. The molecule has 0 unspecified atom stereocenters. The lowest BCUT2D eigenvalue weighted by Gasteiger charge is -2.21. The molecule has 0 saturated carbocycles. The van der Waals surface area contributed by atoms with E-state index >= 15 is 0 Å². The van der Waals surface area contributed by atoms with Gasteiger partial charge in [-0.1, -0.05) is 23.4 Å². The molecule has 0 radical (unpaired) electrons. The van der Waals surface area contributed by atoms with Crippen LogP contribution in [0.15, 0.2) is 39.8 Å².